The second-order valence-corrected chi connectivity index (χ2v) is 3.13. The van der Waals surface area contributed by atoms with Gasteiger partial charge in [-0.15, -0.1) is 0 Å². The molecule has 0 spiro atoms. The summed E-state index contributed by atoms with van der Waals surface area (Å²) in [6, 6.07) is 1.93. The smallest absolute Gasteiger partial charge is 0.319 e. The Balaban J connectivity index is 2.48. The molecule has 0 saturated heterocycles. The molecule has 1 aromatic heterocycles. The Bertz CT molecular complexity index is 337. The summed E-state index contributed by atoms with van der Waals surface area (Å²) in [4.78, 5) is 15.1. The first-order valence-electron chi connectivity index (χ1n) is 4.66. The number of aliphatic hydroxyl groups excluding tert-OH is 2. The summed E-state index contributed by atoms with van der Waals surface area (Å²) < 4.78 is 0. The molecule has 7 heteroatoms. The molecule has 1 rings (SSSR count). The number of rotatable bonds is 4. The molecule has 88 valence electrons. The Morgan fingerprint density at radius 2 is 2.12 bits per heavy atom. The van der Waals surface area contributed by atoms with E-state index in [0.717, 1.165) is 0 Å². The van der Waals surface area contributed by atoms with Crippen LogP contribution in [0.5, 0.6) is 0 Å². The minimum absolute atomic E-state index is 0.329. The zero-order valence-corrected chi connectivity index (χ0v) is 8.55. The highest BCUT2D eigenvalue weighted by molar-refractivity contribution is 5.89. The number of pyridine rings is 1. The number of nitrogens with zero attached hydrogens (tertiary/aromatic N) is 1. The summed E-state index contributed by atoms with van der Waals surface area (Å²) >= 11 is 0. The summed E-state index contributed by atoms with van der Waals surface area (Å²) in [7, 11) is 0. The quantitative estimate of drug-likeness (QED) is 0.457. The summed E-state index contributed by atoms with van der Waals surface area (Å²) in [6.07, 6.45) is 1.40. The Kier molecular flexibility index (Phi) is 4.49. The van der Waals surface area contributed by atoms with Crippen LogP contribution < -0.4 is 16.4 Å². The van der Waals surface area contributed by atoms with Crippen LogP contribution in [-0.4, -0.2) is 40.5 Å². The van der Waals surface area contributed by atoms with Crippen LogP contribution in [0, 0.1) is 0 Å². The summed E-state index contributed by atoms with van der Waals surface area (Å²) in [5, 5.41) is 22.3. The van der Waals surface area contributed by atoms with Gasteiger partial charge in [-0.05, 0) is 12.1 Å². The van der Waals surface area contributed by atoms with Gasteiger partial charge in [0.05, 0.1) is 31.1 Å². The maximum atomic E-state index is 11.3. The van der Waals surface area contributed by atoms with Crippen LogP contribution in [0.4, 0.5) is 16.3 Å². The fraction of sp³-hybridized carbons (Fsp3) is 0.333. The summed E-state index contributed by atoms with van der Waals surface area (Å²) in [6.45, 7) is -0.659. The van der Waals surface area contributed by atoms with Crippen molar-refractivity contribution in [1.29, 1.82) is 0 Å². The molecule has 0 radical (unpaired) electrons. The minimum Gasteiger partial charge on any atom is -0.394 e. The Hall–Kier alpha value is -1.86. The highest BCUT2D eigenvalue weighted by Crippen LogP contribution is 2.06. The van der Waals surface area contributed by atoms with Gasteiger partial charge in [0, 0.05) is 0 Å². The molecule has 0 saturated carbocycles. The van der Waals surface area contributed by atoms with E-state index in [-0.39, 0.29) is 13.2 Å². The molecule has 16 heavy (non-hydrogen) atoms. The monoisotopic (exact) mass is 226 g/mol. The van der Waals surface area contributed by atoms with Gasteiger partial charge in [0.15, 0.2) is 0 Å². The molecule has 1 heterocycles. The van der Waals surface area contributed by atoms with Crippen molar-refractivity contribution in [3.05, 3.63) is 18.3 Å². The largest absolute Gasteiger partial charge is 0.394 e. The maximum absolute atomic E-state index is 11.3. The number of hydrogen-bond donors (Lipinski definition) is 5. The Labute approximate surface area is 92.3 Å². The van der Waals surface area contributed by atoms with E-state index in [1.165, 1.54) is 6.20 Å². The lowest BCUT2D eigenvalue weighted by Gasteiger charge is -2.13. The number of aromatic nitrogens is 1. The second kappa shape index (κ2) is 5.89. The van der Waals surface area contributed by atoms with Crippen LogP contribution in [0.2, 0.25) is 0 Å². The average Bonchev–Trinajstić information content (AvgIpc) is 2.29. The molecular formula is C9H14N4O3. The normalized spacial score (nSPS) is 10.2. The van der Waals surface area contributed by atoms with Crippen molar-refractivity contribution in [1.82, 2.24) is 10.3 Å². The lowest BCUT2D eigenvalue weighted by molar-refractivity contribution is 0.172. The predicted molar refractivity (Wildman–Crippen MR) is 58.8 cm³/mol. The number of nitrogen functional groups attached to an aromatic ring is 1. The lowest BCUT2D eigenvalue weighted by Crippen LogP contribution is -2.42. The lowest BCUT2D eigenvalue weighted by atomic mass is 10.3. The van der Waals surface area contributed by atoms with E-state index in [4.69, 9.17) is 15.9 Å². The second-order valence-electron chi connectivity index (χ2n) is 3.13. The van der Waals surface area contributed by atoms with Gasteiger partial charge in [0.2, 0.25) is 0 Å². The first kappa shape index (κ1) is 12.2. The molecule has 0 aliphatic heterocycles. The van der Waals surface area contributed by atoms with Crippen molar-refractivity contribution in [2.24, 2.45) is 0 Å². The van der Waals surface area contributed by atoms with E-state index in [2.05, 4.69) is 15.6 Å². The molecule has 6 N–H and O–H groups in total. The number of carbonyl (C=O) groups excluding carboxylic acids is 1. The van der Waals surface area contributed by atoms with Gasteiger partial charge in [0.1, 0.15) is 5.82 Å². The number of nitrogens with one attached hydrogen (secondary N) is 2. The molecule has 1 aromatic rings. The van der Waals surface area contributed by atoms with Crippen molar-refractivity contribution in [3.63, 3.8) is 0 Å². The first-order valence-corrected chi connectivity index (χ1v) is 4.66. The standard InChI is InChI=1S/C9H14N4O3/c10-8-2-1-6(3-11-8)12-9(16)13-7(4-14)5-15/h1-3,7,14-15H,4-5H2,(H2,10,11)(H2,12,13,16). The molecule has 0 fully saturated rings. The third-order valence-corrected chi connectivity index (χ3v) is 1.82. The molecule has 0 unspecified atom stereocenters. The number of hydrogen-bond acceptors (Lipinski definition) is 5. The fourth-order valence-electron chi connectivity index (χ4n) is 0.981. The van der Waals surface area contributed by atoms with Gasteiger partial charge in [-0.3, -0.25) is 0 Å². The molecule has 2 amide bonds. The molecule has 0 aliphatic carbocycles. The van der Waals surface area contributed by atoms with E-state index < -0.39 is 12.1 Å². The molecule has 0 aromatic carbocycles. The topological polar surface area (TPSA) is 120 Å². The first-order chi connectivity index (χ1) is 7.65. The van der Waals surface area contributed by atoms with Crippen molar-refractivity contribution >= 4 is 17.5 Å². The number of amides is 2. The fourth-order valence-corrected chi connectivity index (χ4v) is 0.981. The Morgan fingerprint density at radius 3 is 2.62 bits per heavy atom. The van der Waals surface area contributed by atoms with Crippen molar-refractivity contribution < 1.29 is 15.0 Å². The zero-order valence-electron chi connectivity index (χ0n) is 8.55. The number of aliphatic hydroxyl groups is 2. The number of carbonyl (C=O) groups is 1. The van der Waals surface area contributed by atoms with Gasteiger partial charge in [-0.1, -0.05) is 0 Å². The molecule has 7 nitrogen and oxygen atoms in total. The van der Waals surface area contributed by atoms with E-state index in [1.54, 1.807) is 12.1 Å². The third kappa shape index (κ3) is 3.71. The molecule has 0 bridgehead atoms. The van der Waals surface area contributed by atoms with Crippen LogP contribution in [0.25, 0.3) is 0 Å². The van der Waals surface area contributed by atoms with E-state index in [1.807, 2.05) is 0 Å². The van der Waals surface area contributed by atoms with E-state index in [9.17, 15) is 4.79 Å². The highest BCUT2D eigenvalue weighted by Gasteiger charge is 2.09. The highest BCUT2D eigenvalue weighted by atomic mass is 16.3. The SMILES string of the molecule is Nc1ccc(NC(=O)NC(CO)CO)cn1. The Morgan fingerprint density at radius 1 is 1.44 bits per heavy atom. The molecule has 0 atom stereocenters. The van der Waals surface area contributed by atoms with Crippen molar-refractivity contribution in [2.75, 3.05) is 24.3 Å². The third-order valence-electron chi connectivity index (χ3n) is 1.82. The summed E-state index contributed by atoms with van der Waals surface area (Å²) in [5.74, 6) is 0.356. The number of anilines is 2. The number of urea groups is 1. The van der Waals surface area contributed by atoms with Crippen LogP contribution in [0.1, 0.15) is 0 Å². The van der Waals surface area contributed by atoms with E-state index >= 15 is 0 Å². The van der Waals surface area contributed by atoms with Gasteiger partial charge in [-0.2, -0.15) is 0 Å². The molecule has 0 aliphatic rings. The van der Waals surface area contributed by atoms with Gasteiger partial charge < -0.3 is 26.6 Å². The predicted octanol–water partition coefficient (Wildman–Crippen LogP) is -0.862. The maximum Gasteiger partial charge on any atom is 0.319 e. The summed E-state index contributed by atoms with van der Waals surface area (Å²) in [5.41, 5.74) is 5.85. The van der Waals surface area contributed by atoms with Gasteiger partial charge in [-0.25, -0.2) is 9.78 Å². The van der Waals surface area contributed by atoms with Gasteiger partial charge >= 0.3 is 6.03 Å². The van der Waals surface area contributed by atoms with Crippen LogP contribution in [-0.2, 0) is 0 Å². The number of nitrogens with two attached hydrogens (primary N) is 1. The zero-order chi connectivity index (χ0) is 12.0. The van der Waals surface area contributed by atoms with Crippen LogP contribution >= 0.6 is 0 Å². The minimum atomic E-state index is -0.679. The van der Waals surface area contributed by atoms with Crippen molar-refractivity contribution in [2.45, 2.75) is 6.04 Å². The van der Waals surface area contributed by atoms with Crippen LogP contribution in [0.15, 0.2) is 18.3 Å². The van der Waals surface area contributed by atoms with Crippen molar-refractivity contribution in [3.8, 4) is 0 Å². The van der Waals surface area contributed by atoms with Gasteiger partial charge in [0.25, 0.3) is 0 Å². The van der Waals surface area contributed by atoms with E-state index in [0.29, 0.717) is 11.5 Å². The molecular weight excluding hydrogens is 212 g/mol. The van der Waals surface area contributed by atoms with Crippen LogP contribution in [0.3, 0.4) is 0 Å². The average molecular weight is 226 g/mol.